The Morgan fingerprint density at radius 1 is 1.22 bits per heavy atom. The van der Waals surface area contributed by atoms with Crippen molar-refractivity contribution in [1.82, 2.24) is 19.4 Å². The van der Waals surface area contributed by atoms with Gasteiger partial charge in [-0.3, -0.25) is 9.59 Å². The fourth-order valence-electron chi connectivity index (χ4n) is 3.90. The average Bonchev–Trinajstić information content (AvgIpc) is 3.43. The number of imidazole rings is 1. The summed E-state index contributed by atoms with van der Waals surface area (Å²) in [5, 5.41) is 12.2. The second kappa shape index (κ2) is 9.05. The largest absolute Gasteiger partial charge is 0.503 e. The first-order valence-electron chi connectivity index (χ1n) is 9.92. The van der Waals surface area contributed by atoms with Crippen molar-refractivity contribution in [3.05, 3.63) is 79.4 Å². The quantitative estimate of drug-likeness (QED) is 0.474. The van der Waals surface area contributed by atoms with E-state index in [2.05, 4.69) is 9.97 Å². The zero-order chi connectivity index (χ0) is 23.0. The monoisotopic (exact) mass is 490 g/mol. The SMILES string of the molecule is Cc1nc(C)c(C(=O)C2=C(O)C(=O)N(CCCn3ccnc3)C2c2c(Cl)cccc2Cl)s1. The van der Waals surface area contributed by atoms with E-state index in [0.717, 1.165) is 5.01 Å². The molecule has 0 bridgehead atoms. The molecule has 7 nitrogen and oxygen atoms in total. The van der Waals surface area contributed by atoms with E-state index in [1.165, 1.54) is 16.2 Å². The van der Waals surface area contributed by atoms with E-state index in [9.17, 15) is 14.7 Å². The van der Waals surface area contributed by atoms with Crippen molar-refractivity contribution in [1.29, 1.82) is 0 Å². The van der Waals surface area contributed by atoms with Crippen LogP contribution in [0.15, 0.2) is 48.3 Å². The third-order valence-corrected chi connectivity index (χ3v) is 7.04. The van der Waals surface area contributed by atoms with E-state index < -0.39 is 23.5 Å². The molecule has 1 amide bonds. The molecule has 166 valence electrons. The molecule has 1 aliphatic heterocycles. The van der Waals surface area contributed by atoms with Crippen molar-refractivity contribution < 1.29 is 14.7 Å². The van der Waals surface area contributed by atoms with E-state index in [1.807, 2.05) is 10.8 Å². The topological polar surface area (TPSA) is 88.3 Å². The van der Waals surface area contributed by atoms with Crippen LogP contribution in [0.1, 0.15) is 38.4 Å². The first kappa shape index (κ1) is 22.5. The van der Waals surface area contributed by atoms with Gasteiger partial charge in [-0.1, -0.05) is 29.3 Å². The minimum Gasteiger partial charge on any atom is -0.503 e. The number of hydrogen-bond donors (Lipinski definition) is 1. The number of amides is 1. The number of thiazole rings is 1. The molecule has 3 heterocycles. The second-order valence-corrected chi connectivity index (χ2v) is 9.45. The van der Waals surface area contributed by atoms with Gasteiger partial charge < -0.3 is 14.6 Å². The van der Waals surface area contributed by atoms with Crippen molar-refractivity contribution in [3.8, 4) is 0 Å². The van der Waals surface area contributed by atoms with Gasteiger partial charge in [-0.05, 0) is 32.4 Å². The number of hydrogen-bond acceptors (Lipinski definition) is 6. The zero-order valence-corrected chi connectivity index (χ0v) is 19.7. The van der Waals surface area contributed by atoms with Crippen LogP contribution in [0.5, 0.6) is 0 Å². The van der Waals surface area contributed by atoms with E-state index in [1.54, 1.807) is 44.6 Å². The molecule has 1 N–H and O–H groups in total. The summed E-state index contributed by atoms with van der Waals surface area (Å²) in [6, 6.07) is 4.09. The standard InChI is InChI=1S/C22H20Cl2N4O3S/c1-12-21(32-13(2)26-12)19(29)17-18(16-14(23)5-3-6-15(16)24)28(22(31)20(17)30)9-4-8-27-10-7-25-11-27/h3,5-7,10-11,18,30H,4,8-9H2,1-2H3. The molecule has 0 saturated heterocycles. The maximum absolute atomic E-state index is 13.5. The van der Waals surface area contributed by atoms with E-state index >= 15 is 0 Å². The molecule has 0 saturated carbocycles. The summed E-state index contributed by atoms with van der Waals surface area (Å²) in [6.45, 7) is 4.42. The van der Waals surface area contributed by atoms with Crippen LogP contribution in [0.4, 0.5) is 0 Å². The van der Waals surface area contributed by atoms with E-state index in [0.29, 0.717) is 39.1 Å². The fraction of sp³-hybridized carbons (Fsp3) is 0.273. The molecule has 2 aromatic heterocycles. The zero-order valence-electron chi connectivity index (χ0n) is 17.4. The lowest BCUT2D eigenvalue weighted by atomic mass is 9.94. The first-order chi connectivity index (χ1) is 15.3. The highest BCUT2D eigenvalue weighted by Gasteiger charge is 2.45. The molecule has 10 heteroatoms. The van der Waals surface area contributed by atoms with Crippen LogP contribution in [0.2, 0.25) is 10.0 Å². The van der Waals surface area contributed by atoms with Gasteiger partial charge in [-0.15, -0.1) is 11.3 Å². The molecule has 1 atom stereocenters. The maximum atomic E-state index is 13.5. The number of aliphatic hydroxyl groups excluding tert-OH is 1. The van der Waals surface area contributed by atoms with Crippen LogP contribution >= 0.6 is 34.5 Å². The van der Waals surface area contributed by atoms with Crippen molar-refractivity contribution in [3.63, 3.8) is 0 Å². The van der Waals surface area contributed by atoms with Crippen molar-refractivity contribution in [2.45, 2.75) is 32.9 Å². The summed E-state index contributed by atoms with van der Waals surface area (Å²) >= 11 is 14.2. The second-order valence-electron chi connectivity index (χ2n) is 7.43. The molecule has 3 aromatic rings. The van der Waals surface area contributed by atoms with Gasteiger partial charge in [0.15, 0.2) is 5.76 Å². The summed E-state index contributed by atoms with van der Waals surface area (Å²) in [6.07, 6.45) is 5.77. The molecule has 1 unspecified atom stereocenters. The Hall–Kier alpha value is -2.68. The molecule has 0 spiro atoms. The fourth-order valence-corrected chi connectivity index (χ4v) is 5.37. The summed E-state index contributed by atoms with van der Waals surface area (Å²) in [5.74, 6) is -1.65. The number of aliphatic hydroxyl groups is 1. The van der Waals surface area contributed by atoms with Gasteiger partial charge >= 0.3 is 0 Å². The number of aryl methyl sites for hydroxylation is 3. The number of aromatic nitrogens is 3. The lowest BCUT2D eigenvalue weighted by Gasteiger charge is -2.28. The number of carbonyl (C=O) groups excluding carboxylic acids is 2. The van der Waals surface area contributed by atoms with Crippen LogP contribution in [-0.4, -0.2) is 42.8 Å². The molecule has 0 radical (unpaired) electrons. The predicted octanol–water partition coefficient (Wildman–Crippen LogP) is 4.93. The third kappa shape index (κ3) is 4.05. The van der Waals surface area contributed by atoms with Crippen molar-refractivity contribution >= 4 is 46.2 Å². The van der Waals surface area contributed by atoms with Crippen LogP contribution in [0, 0.1) is 13.8 Å². The van der Waals surface area contributed by atoms with E-state index in [-0.39, 0.29) is 12.1 Å². The minimum atomic E-state index is -0.902. The van der Waals surface area contributed by atoms with Gasteiger partial charge in [0.25, 0.3) is 5.91 Å². The highest BCUT2D eigenvalue weighted by molar-refractivity contribution is 7.14. The molecule has 4 rings (SSSR count). The number of ketones is 1. The van der Waals surface area contributed by atoms with E-state index in [4.69, 9.17) is 23.2 Å². The van der Waals surface area contributed by atoms with Crippen LogP contribution < -0.4 is 0 Å². The Labute approximate surface area is 198 Å². The Bertz CT molecular complexity index is 1200. The maximum Gasteiger partial charge on any atom is 0.290 e. The number of rotatable bonds is 7. The molecule has 0 fully saturated rings. The summed E-state index contributed by atoms with van der Waals surface area (Å²) in [4.78, 5) is 36.8. The highest BCUT2D eigenvalue weighted by atomic mass is 35.5. The molecule has 0 aliphatic carbocycles. The molecular weight excluding hydrogens is 471 g/mol. The Kier molecular flexibility index (Phi) is 6.37. The Morgan fingerprint density at radius 3 is 2.53 bits per heavy atom. The number of nitrogens with zero attached hydrogens (tertiary/aromatic N) is 4. The Morgan fingerprint density at radius 2 is 1.94 bits per heavy atom. The van der Waals surface area contributed by atoms with Gasteiger partial charge in [0, 0.05) is 41.1 Å². The van der Waals surface area contributed by atoms with Crippen LogP contribution in [0.25, 0.3) is 0 Å². The highest BCUT2D eigenvalue weighted by Crippen LogP contribution is 2.45. The molecule has 1 aliphatic rings. The lowest BCUT2D eigenvalue weighted by molar-refractivity contribution is -0.129. The van der Waals surface area contributed by atoms with Gasteiger partial charge in [-0.25, -0.2) is 9.97 Å². The number of Topliss-reactive ketones (excluding diaryl/α,β-unsaturated/α-hetero) is 1. The van der Waals surface area contributed by atoms with Gasteiger partial charge in [0.2, 0.25) is 5.78 Å². The van der Waals surface area contributed by atoms with Gasteiger partial charge in [0.1, 0.15) is 0 Å². The van der Waals surface area contributed by atoms with Gasteiger partial charge in [-0.2, -0.15) is 0 Å². The van der Waals surface area contributed by atoms with Gasteiger partial charge in [0.05, 0.1) is 33.5 Å². The minimum absolute atomic E-state index is 0.0284. The first-order valence-corrected chi connectivity index (χ1v) is 11.5. The summed E-state index contributed by atoms with van der Waals surface area (Å²) in [5.41, 5.74) is 0.935. The van der Waals surface area contributed by atoms with Crippen LogP contribution in [-0.2, 0) is 11.3 Å². The average molecular weight is 491 g/mol. The van der Waals surface area contributed by atoms with Crippen LogP contribution in [0.3, 0.4) is 0 Å². The number of halogens is 2. The smallest absolute Gasteiger partial charge is 0.290 e. The van der Waals surface area contributed by atoms with Crippen molar-refractivity contribution in [2.75, 3.05) is 6.54 Å². The summed E-state index contributed by atoms with van der Waals surface area (Å²) < 4.78 is 1.89. The lowest BCUT2D eigenvalue weighted by Crippen LogP contribution is -2.33. The number of carbonyl (C=O) groups is 2. The summed E-state index contributed by atoms with van der Waals surface area (Å²) in [7, 11) is 0. The normalized spacial score (nSPS) is 16.3. The molecule has 32 heavy (non-hydrogen) atoms. The number of benzene rings is 1. The Balaban J connectivity index is 1.75. The van der Waals surface area contributed by atoms with Crippen molar-refractivity contribution in [2.24, 2.45) is 0 Å². The third-order valence-electron chi connectivity index (χ3n) is 5.31. The molecular formula is C22H20Cl2N4O3S. The molecule has 1 aromatic carbocycles. The predicted molar refractivity (Wildman–Crippen MR) is 123 cm³/mol.